The van der Waals surface area contributed by atoms with Crippen molar-refractivity contribution in [1.82, 2.24) is 9.97 Å². The number of H-pyrrole nitrogens is 1. The van der Waals surface area contributed by atoms with Crippen LogP contribution in [0.3, 0.4) is 0 Å². The van der Waals surface area contributed by atoms with E-state index in [1.807, 2.05) is 24.3 Å². The minimum absolute atomic E-state index is 0.150. The highest BCUT2D eigenvalue weighted by Gasteiger charge is 2.14. The molecule has 2 N–H and O–H groups in total. The summed E-state index contributed by atoms with van der Waals surface area (Å²) in [5.41, 5.74) is 2.30. The molecule has 0 aliphatic rings. The smallest absolute Gasteiger partial charge is 0.143 e. The van der Waals surface area contributed by atoms with E-state index < -0.39 is 0 Å². The molecule has 0 saturated heterocycles. The number of ether oxygens (including phenoxy) is 1. The molecule has 2 aromatic carbocycles. The summed E-state index contributed by atoms with van der Waals surface area (Å²) in [5, 5.41) is 10.1. The summed E-state index contributed by atoms with van der Waals surface area (Å²) in [6.07, 6.45) is 0. The number of halogens is 2. The number of imidazole rings is 1. The van der Waals surface area contributed by atoms with Crippen LogP contribution in [0.15, 0.2) is 39.3 Å². The minimum Gasteiger partial charge on any atom is -0.507 e. The van der Waals surface area contributed by atoms with Gasteiger partial charge in [-0.15, -0.1) is 0 Å². The Labute approximate surface area is 132 Å². The van der Waals surface area contributed by atoms with Crippen molar-refractivity contribution in [2.45, 2.75) is 0 Å². The fourth-order valence-electron chi connectivity index (χ4n) is 2.03. The van der Waals surface area contributed by atoms with Gasteiger partial charge in [0.2, 0.25) is 0 Å². The number of hydrogen-bond donors (Lipinski definition) is 2. The summed E-state index contributed by atoms with van der Waals surface area (Å²) in [4.78, 5) is 7.68. The Morgan fingerprint density at radius 1 is 1.20 bits per heavy atom. The van der Waals surface area contributed by atoms with Crippen molar-refractivity contribution >= 4 is 42.9 Å². The number of aromatic amines is 1. The van der Waals surface area contributed by atoms with Gasteiger partial charge in [-0.25, -0.2) is 4.98 Å². The van der Waals surface area contributed by atoms with Crippen LogP contribution in [0.1, 0.15) is 0 Å². The van der Waals surface area contributed by atoms with Crippen LogP contribution in [0.2, 0.25) is 0 Å². The Morgan fingerprint density at radius 3 is 2.70 bits per heavy atom. The number of nitrogens with zero attached hydrogens (tertiary/aromatic N) is 1. The van der Waals surface area contributed by atoms with Gasteiger partial charge in [-0.05, 0) is 40.2 Å². The molecule has 0 aliphatic heterocycles. The summed E-state index contributed by atoms with van der Waals surface area (Å²) >= 11 is 6.78. The Balaban J connectivity index is 2.20. The number of aromatic nitrogens is 2. The Bertz CT molecular complexity index is 776. The van der Waals surface area contributed by atoms with E-state index in [1.54, 1.807) is 13.2 Å². The second-order valence-electron chi connectivity index (χ2n) is 4.25. The molecule has 0 fully saturated rings. The molecule has 0 aliphatic carbocycles. The molecule has 6 heteroatoms. The van der Waals surface area contributed by atoms with Gasteiger partial charge in [0.05, 0.1) is 23.7 Å². The zero-order chi connectivity index (χ0) is 14.3. The third kappa shape index (κ3) is 2.29. The minimum atomic E-state index is 0.150. The first kappa shape index (κ1) is 13.5. The van der Waals surface area contributed by atoms with Crippen LogP contribution in [0.4, 0.5) is 0 Å². The van der Waals surface area contributed by atoms with Crippen molar-refractivity contribution in [3.63, 3.8) is 0 Å². The molecule has 0 spiro atoms. The lowest BCUT2D eigenvalue weighted by Crippen LogP contribution is -1.84. The highest BCUT2D eigenvalue weighted by Crippen LogP contribution is 2.38. The second-order valence-corrected chi connectivity index (χ2v) is 6.02. The largest absolute Gasteiger partial charge is 0.507 e. The second kappa shape index (κ2) is 5.10. The van der Waals surface area contributed by atoms with Crippen LogP contribution in [0, 0.1) is 0 Å². The molecular formula is C14H10Br2N2O2. The van der Waals surface area contributed by atoms with Crippen molar-refractivity contribution in [3.05, 3.63) is 39.3 Å². The van der Waals surface area contributed by atoms with Gasteiger partial charge in [0.1, 0.15) is 17.3 Å². The molecule has 0 atom stereocenters. The lowest BCUT2D eigenvalue weighted by molar-refractivity contribution is 0.415. The molecule has 3 rings (SSSR count). The molecule has 0 saturated carbocycles. The summed E-state index contributed by atoms with van der Waals surface area (Å²) < 4.78 is 6.74. The monoisotopic (exact) mass is 396 g/mol. The number of benzene rings is 2. The van der Waals surface area contributed by atoms with E-state index in [1.165, 1.54) is 0 Å². The van der Waals surface area contributed by atoms with E-state index in [-0.39, 0.29) is 5.75 Å². The fourth-order valence-corrected chi connectivity index (χ4v) is 3.42. The first-order valence-corrected chi connectivity index (χ1v) is 7.39. The molecular weight excluding hydrogens is 388 g/mol. The van der Waals surface area contributed by atoms with Gasteiger partial charge in [-0.2, -0.15) is 0 Å². The van der Waals surface area contributed by atoms with Gasteiger partial charge in [-0.1, -0.05) is 15.9 Å². The van der Waals surface area contributed by atoms with Crippen LogP contribution in [-0.2, 0) is 0 Å². The van der Waals surface area contributed by atoms with Crippen LogP contribution < -0.4 is 4.74 Å². The van der Waals surface area contributed by atoms with E-state index >= 15 is 0 Å². The van der Waals surface area contributed by atoms with Gasteiger partial charge in [0, 0.05) is 15.0 Å². The third-order valence-corrected chi connectivity index (χ3v) is 4.04. The van der Waals surface area contributed by atoms with Crippen molar-refractivity contribution in [2.24, 2.45) is 0 Å². The Kier molecular flexibility index (Phi) is 3.43. The van der Waals surface area contributed by atoms with Gasteiger partial charge in [-0.3, -0.25) is 0 Å². The molecule has 0 amide bonds. The maximum Gasteiger partial charge on any atom is 0.143 e. The van der Waals surface area contributed by atoms with E-state index in [0.717, 1.165) is 25.7 Å². The van der Waals surface area contributed by atoms with E-state index in [4.69, 9.17) is 4.74 Å². The number of nitrogens with one attached hydrogen (secondary N) is 1. The quantitative estimate of drug-likeness (QED) is 0.670. The van der Waals surface area contributed by atoms with Crippen LogP contribution in [-0.4, -0.2) is 22.2 Å². The van der Waals surface area contributed by atoms with Gasteiger partial charge in [0.25, 0.3) is 0 Å². The molecule has 1 heterocycles. The molecule has 0 radical (unpaired) electrons. The molecule has 1 aromatic heterocycles. The highest BCUT2D eigenvalue weighted by atomic mass is 79.9. The first-order chi connectivity index (χ1) is 9.58. The summed E-state index contributed by atoms with van der Waals surface area (Å²) in [5.74, 6) is 1.51. The van der Waals surface area contributed by atoms with Crippen LogP contribution >= 0.6 is 31.9 Å². The maximum absolute atomic E-state index is 10.1. The lowest BCUT2D eigenvalue weighted by Gasteiger charge is -2.05. The van der Waals surface area contributed by atoms with E-state index in [9.17, 15) is 5.11 Å². The predicted octanol–water partition coefficient (Wildman–Crippen LogP) is 4.47. The van der Waals surface area contributed by atoms with Gasteiger partial charge >= 0.3 is 0 Å². The summed E-state index contributed by atoms with van der Waals surface area (Å²) in [6.45, 7) is 0. The molecule has 4 nitrogen and oxygen atoms in total. The summed E-state index contributed by atoms with van der Waals surface area (Å²) in [6, 6.07) is 9.09. The molecule has 20 heavy (non-hydrogen) atoms. The molecule has 0 bridgehead atoms. The number of aromatic hydroxyl groups is 1. The number of phenols is 1. The van der Waals surface area contributed by atoms with E-state index in [2.05, 4.69) is 41.8 Å². The Morgan fingerprint density at radius 2 is 2.00 bits per heavy atom. The molecule has 0 unspecified atom stereocenters. The number of rotatable bonds is 2. The number of phenolic OH excluding ortho intramolecular Hbond substituents is 1. The summed E-state index contributed by atoms with van der Waals surface area (Å²) in [7, 11) is 1.62. The van der Waals surface area contributed by atoms with Crippen LogP contribution in [0.25, 0.3) is 22.4 Å². The number of methoxy groups -OCH3 is 1. The first-order valence-electron chi connectivity index (χ1n) is 5.80. The lowest BCUT2D eigenvalue weighted by atomic mass is 10.2. The standard InChI is InChI=1S/C14H10Br2N2O2/c1-20-8-2-3-10-11(6-8)18-14(17-10)13-9(16)4-7(15)5-12(13)19/h2-6,19H,1H3,(H,17,18). The Hall–Kier alpha value is -1.53. The van der Waals surface area contributed by atoms with Crippen molar-refractivity contribution in [3.8, 4) is 22.9 Å². The van der Waals surface area contributed by atoms with Crippen molar-refractivity contribution in [1.29, 1.82) is 0 Å². The topological polar surface area (TPSA) is 58.1 Å². The zero-order valence-electron chi connectivity index (χ0n) is 10.4. The van der Waals surface area contributed by atoms with Crippen molar-refractivity contribution < 1.29 is 9.84 Å². The molecule has 3 aromatic rings. The average molecular weight is 398 g/mol. The fraction of sp³-hybridized carbons (Fsp3) is 0.0714. The van der Waals surface area contributed by atoms with Crippen LogP contribution in [0.5, 0.6) is 11.5 Å². The number of fused-ring (bicyclic) bond motifs is 1. The predicted molar refractivity (Wildman–Crippen MR) is 85.1 cm³/mol. The number of hydrogen-bond acceptors (Lipinski definition) is 3. The third-order valence-electron chi connectivity index (χ3n) is 2.96. The SMILES string of the molecule is COc1ccc2nc(-c3c(O)cc(Br)cc3Br)[nH]c2c1. The van der Waals surface area contributed by atoms with Gasteiger partial charge in [0.15, 0.2) is 0 Å². The highest BCUT2D eigenvalue weighted by molar-refractivity contribution is 9.11. The van der Waals surface area contributed by atoms with Gasteiger partial charge < -0.3 is 14.8 Å². The normalized spacial score (nSPS) is 10.9. The average Bonchev–Trinajstić information content (AvgIpc) is 2.79. The zero-order valence-corrected chi connectivity index (χ0v) is 13.6. The molecule has 102 valence electrons. The maximum atomic E-state index is 10.1. The van der Waals surface area contributed by atoms with E-state index in [0.29, 0.717) is 11.4 Å². The van der Waals surface area contributed by atoms with Crippen molar-refractivity contribution in [2.75, 3.05) is 7.11 Å².